The molecule has 116 valence electrons. The number of carboxylic acids is 1. The van der Waals surface area contributed by atoms with Gasteiger partial charge in [-0.3, -0.25) is 0 Å². The number of carboxylic acid groups (broad SMARTS) is 1. The molecule has 1 aliphatic heterocycles. The predicted octanol–water partition coefficient (Wildman–Crippen LogP) is 3.14. The number of hydrogen-bond donors (Lipinski definition) is 1. The van der Waals surface area contributed by atoms with Crippen LogP contribution in [0.2, 0.25) is 0 Å². The van der Waals surface area contributed by atoms with E-state index in [9.17, 15) is 22.1 Å². The topological polar surface area (TPSA) is 43.8 Å². The minimum atomic E-state index is -6.00. The van der Waals surface area contributed by atoms with Crippen molar-refractivity contribution in [3.63, 3.8) is 0 Å². The fourth-order valence-corrected chi connectivity index (χ4v) is 0.808. The van der Waals surface area contributed by atoms with Crippen LogP contribution >= 0.6 is 0 Å². The SMILES string of the molecule is C=C(C)C(=O)O.C=CN1C=CN(CC)C1.F[B-](F)(F)F. The van der Waals surface area contributed by atoms with Gasteiger partial charge in [-0.15, -0.1) is 0 Å². The molecule has 0 unspecified atom stereocenters. The van der Waals surface area contributed by atoms with E-state index >= 15 is 0 Å². The van der Waals surface area contributed by atoms with Gasteiger partial charge in [0.1, 0.15) is 0 Å². The molecular weight excluding hydrogens is 279 g/mol. The number of hydrogen-bond acceptors (Lipinski definition) is 3. The molecule has 0 fully saturated rings. The van der Waals surface area contributed by atoms with Crippen molar-refractivity contribution in [2.45, 2.75) is 13.8 Å². The third-order valence-electron chi connectivity index (χ3n) is 1.82. The van der Waals surface area contributed by atoms with Crippen LogP contribution < -0.4 is 0 Å². The Bertz CT molecular complexity index is 341. The zero-order chi connectivity index (χ0) is 16.3. The molecule has 0 aromatic heterocycles. The largest absolute Gasteiger partial charge is 0.673 e. The minimum Gasteiger partial charge on any atom is -0.478 e. The highest BCUT2D eigenvalue weighted by Crippen LogP contribution is 2.06. The van der Waals surface area contributed by atoms with Gasteiger partial charge in [-0.05, 0) is 20.0 Å². The highest BCUT2D eigenvalue weighted by molar-refractivity contribution is 6.50. The van der Waals surface area contributed by atoms with Crippen LogP contribution in [0.5, 0.6) is 0 Å². The molecular formula is C11H18BF4N2O2-. The van der Waals surface area contributed by atoms with Gasteiger partial charge in [-0.2, -0.15) is 0 Å². The molecule has 0 radical (unpaired) electrons. The van der Waals surface area contributed by atoms with E-state index in [1.165, 1.54) is 6.92 Å². The van der Waals surface area contributed by atoms with Crippen molar-refractivity contribution >= 4 is 13.2 Å². The Morgan fingerprint density at radius 2 is 1.80 bits per heavy atom. The molecule has 0 aliphatic carbocycles. The van der Waals surface area contributed by atoms with E-state index in [1.807, 2.05) is 17.3 Å². The Hall–Kier alpha value is -1.93. The van der Waals surface area contributed by atoms with E-state index < -0.39 is 13.2 Å². The van der Waals surface area contributed by atoms with E-state index in [4.69, 9.17) is 5.11 Å². The van der Waals surface area contributed by atoms with Crippen molar-refractivity contribution in [1.29, 1.82) is 0 Å². The Morgan fingerprint density at radius 1 is 1.40 bits per heavy atom. The summed E-state index contributed by atoms with van der Waals surface area (Å²) in [6, 6.07) is 0. The van der Waals surface area contributed by atoms with Gasteiger partial charge < -0.3 is 32.2 Å². The normalized spacial score (nSPS) is 12.9. The molecule has 0 aromatic rings. The van der Waals surface area contributed by atoms with Crippen LogP contribution in [-0.2, 0) is 4.79 Å². The number of aliphatic carboxylic acids is 1. The first-order chi connectivity index (χ1) is 9.01. The molecule has 20 heavy (non-hydrogen) atoms. The van der Waals surface area contributed by atoms with Crippen molar-refractivity contribution in [2.24, 2.45) is 0 Å². The van der Waals surface area contributed by atoms with Gasteiger partial charge in [0.05, 0.1) is 6.67 Å². The van der Waals surface area contributed by atoms with Crippen LogP contribution in [0.3, 0.4) is 0 Å². The van der Waals surface area contributed by atoms with E-state index in [1.54, 1.807) is 0 Å². The van der Waals surface area contributed by atoms with Crippen LogP contribution in [0, 0.1) is 0 Å². The second-order valence-electron chi connectivity index (χ2n) is 3.62. The van der Waals surface area contributed by atoms with Crippen LogP contribution in [0.1, 0.15) is 13.8 Å². The van der Waals surface area contributed by atoms with Gasteiger partial charge in [0.15, 0.2) is 0 Å². The van der Waals surface area contributed by atoms with E-state index in [-0.39, 0.29) is 5.57 Å². The van der Waals surface area contributed by atoms with Crippen LogP contribution in [0.25, 0.3) is 0 Å². The van der Waals surface area contributed by atoms with Crippen molar-refractivity contribution in [3.05, 3.63) is 37.3 Å². The lowest BCUT2D eigenvalue weighted by molar-refractivity contribution is -0.132. The van der Waals surface area contributed by atoms with Crippen molar-refractivity contribution in [2.75, 3.05) is 13.2 Å². The number of halogens is 4. The molecule has 1 N–H and O–H groups in total. The maximum atomic E-state index is 9.75. The molecule has 1 aliphatic rings. The summed E-state index contributed by atoms with van der Waals surface area (Å²) < 4.78 is 39.0. The summed E-state index contributed by atoms with van der Waals surface area (Å²) >= 11 is 0. The second-order valence-corrected chi connectivity index (χ2v) is 3.62. The Balaban J connectivity index is 0. The zero-order valence-electron chi connectivity index (χ0n) is 11.4. The fourth-order valence-electron chi connectivity index (χ4n) is 0.808. The molecule has 1 heterocycles. The number of rotatable bonds is 3. The standard InChI is InChI=1S/C7H12N2.C4H6O2.BF4/c1-3-8-5-6-9(4-2)7-8;1-3(2)4(5)6;2-1(3,4)5/h3,5-6H,1,4,7H2,2H3;1H2,2H3,(H,5,6);/q;;-1. The summed E-state index contributed by atoms with van der Waals surface area (Å²) in [5.74, 6) is -0.935. The smallest absolute Gasteiger partial charge is 0.478 e. The highest BCUT2D eigenvalue weighted by atomic mass is 19.5. The van der Waals surface area contributed by atoms with Crippen molar-refractivity contribution in [3.8, 4) is 0 Å². The fraction of sp³-hybridized carbons (Fsp3) is 0.364. The third kappa shape index (κ3) is 16.1. The molecule has 0 saturated heterocycles. The van der Waals surface area contributed by atoms with Crippen molar-refractivity contribution < 1.29 is 27.2 Å². The number of nitrogens with zero attached hydrogens (tertiary/aromatic N) is 2. The summed E-state index contributed by atoms with van der Waals surface area (Å²) in [7, 11) is -6.00. The molecule has 0 bridgehead atoms. The molecule has 1 rings (SSSR count). The molecule has 0 spiro atoms. The predicted molar refractivity (Wildman–Crippen MR) is 71.1 cm³/mol. The molecule has 0 aromatic carbocycles. The average molecular weight is 297 g/mol. The molecule has 9 heteroatoms. The molecule has 0 atom stereocenters. The van der Waals surface area contributed by atoms with Gasteiger partial charge in [0.25, 0.3) is 0 Å². The summed E-state index contributed by atoms with van der Waals surface area (Å²) in [5, 5.41) is 7.89. The first-order valence-corrected chi connectivity index (χ1v) is 5.58. The van der Waals surface area contributed by atoms with Crippen LogP contribution in [-0.4, -0.2) is 41.3 Å². The van der Waals surface area contributed by atoms with Gasteiger partial charge in [0, 0.05) is 24.5 Å². The summed E-state index contributed by atoms with van der Waals surface area (Å²) in [5.41, 5.74) is 0.176. The first kappa shape index (κ1) is 20.4. The van der Waals surface area contributed by atoms with Gasteiger partial charge in [0.2, 0.25) is 0 Å². The maximum absolute atomic E-state index is 9.75. The second kappa shape index (κ2) is 9.93. The number of carbonyl (C=O) groups is 1. The Kier molecular flexibility index (Phi) is 10.1. The maximum Gasteiger partial charge on any atom is 0.673 e. The highest BCUT2D eigenvalue weighted by Gasteiger charge is 2.20. The van der Waals surface area contributed by atoms with Gasteiger partial charge >= 0.3 is 13.2 Å². The lowest BCUT2D eigenvalue weighted by Gasteiger charge is -2.15. The first-order valence-electron chi connectivity index (χ1n) is 5.58. The summed E-state index contributed by atoms with van der Waals surface area (Å²) in [4.78, 5) is 13.9. The van der Waals surface area contributed by atoms with Gasteiger partial charge in [-0.1, -0.05) is 13.2 Å². The van der Waals surface area contributed by atoms with Crippen LogP contribution in [0.15, 0.2) is 37.3 Å². The lowest BCUT2D eigenvalue weighted by Crippen LogP contribution is -2.20. The van der Waals surface area contributed by atoms with Crippen molar-refractivity contribution in [1.82, 2.24) is 9.80 Å². The molecule has 4 nitrogen and oxygen atoms in total. The monoisotopic (exact) mass is 297 g/mol. The van der Waals surface area contributed by atoms with Crippen LogP contribution in [0.4, 0.5) is 17.3 Å². The van der Waals surface area contributed by atoms with E-state index in [0.29, 0.717) is 0 Å². The van der Waals surface area contributed by atoms with E-state index in [0.717, 1.165) is 13.2 Å². The van der Waals surface area contributed by atoms with E-state index in [2.05, 4.69) is 31.2 Å². The Morgan fingerprint density at radius 3 is 1.95 bits per heavy atom. The third-order valence-corrected chi connectivity index (χ3v) is 1.82. The average Bonchev–Trinajstić information content (AvgIpc) is 2.75. The zero-order valence-corrected chi connectivity index (χ0v) is 11.4. The summed E-state index contributed by atoms with van der Waals surface area (Å²) in [6.45, 7) is 12.4. The minimum absolute atomic E-state index is 0.176. The molecule has 0 amide bonds. The Labute approximate surface area is 115 Å². The quantitative estimate of drug-likeness (QED) is 0.494. The van der Waals surface area contributed by atoms with Gasteiger partial charge in [-0.25, -0.2) is 4.79 Å². The molecule has 0 saturated carbocycles. The lowest BCUT2D eigenvalue weighted by atomic mass is 10.3. The summed E-state index contributed by atoms with van der Waals surface area (Å²) in [6.07, 6.45) is 5.92.